The molecular weight excluding hydrogens is 370 g/mol. The lowest BCUT2D eigenvalue weighted by molar-refractivity contribution is -0.125. The zero-order valence-electron chi connectivity index (χ0n) is 14.0. The van der Waals surface area contributed by atoms with Gasteiger partial charge in [0.25, 0.3) is 0 Å². The van der Waals surface area contributed by atoms with Gasteiger partial charge in [-0.15, -0.1) is 0 Å². The first-order valence-corrected chi connectivity index (χ1v) is 8.22. The van der Waals surface area contributed by atoms with Crippen LogP contribution >= 0.6 is 15.9 Å². The van der Waals surface area contributed by atoms with Crippen molar-refractivity contribution in [2.24, 2.45) is 0 Å². The largest absolute Gasteiger partial charge is 0.497 e. The Morgan fingerprint density at radius 3 is 2.67 bits per heavy atom. The summed E-state index contributed by atoms with van der Waals surface area (Å²) < 4.78 is 11.4. The zero-order valence-corrected chi connectivity index (χ0v) is 15.5. The summed E-state index contributed by atoms with van der Waals surface area (Å²) in [6.45, 7) is 0.510. The second kappa shape index (κ2) is 8.55. The van der Waals surface area contributed by atoms with Crippen LogP contribution in [0.15, 0.2) is 53.0 Å². The molecule has 0 radical (unpaired) electrons. The van der Waals surface area contributed by atoms with Crippen LogP contribution < -0.4 is 9.47 Å². The minimum absolute atomic E-state index is 0.0835. The van der Waals surface area contributed by atoms with E-state index in [9.17, 15) is 4.79 Å². The molecule has 0 saturated heterocycles. The highest BCUT2D eigenvalue weighted by Gasteiger charge is 2.07. The maximum Gasteiger partial charge on any atom is 0.246 e. The average Bonchev–Trinajstić information content (AvgIpc) is 2.59. The third-order valence-electron chi connectivity index (χ3n) is 3.53. The van der Waals surface area contributed by atoms with Gasteiger partial charge in [-0.05, 0) is 42.0 Å². The fraction of sp³-hybridized carbons (Fsp3) is 0.211. The van der Waals surface area contributed by atoms with Gasteiger partial charge in [-0.1, -0.05) is 28.1 Å². The molecule has 0 bridgehead atoms. The molecule has 0 fully saturated rings. The summed E-state index contributed by atoms with van der Waals surface area (Å²) in [5.41, 5.74) is 1.86. The Morgan fingerprint density at radius 2 is 1.96 bits per heavy atom. The zero-order chi connectivity index (χ0) is 17.5. The van der Waals surface area contributed by atoms with E-state index in [0.29, 0.717) is 6.54 Å². The van der Waals surface area contributed by atoms with Crippen molar-refractivity contribution in [2.45, 2.75) is 6.54 Å². The SMILES string of the molecule is COc1cccc(CN(C)C(=O)/C=C/c2cc(Br)ccc2OC)c1. The Kier molecular flexibility index (Phi) is 6.44. The van der Waals surface area contributed by atoms with Crippen molar-refractivity contribution in [3.63, 3.8) is 0 Å². The molecule has 2 rings (SSSR count). The molecule has 2 aromatic rings. The number of hydrogen-bond acceptors (Lipinski definition) is 3. The van der Waals surface area contributed by atoms with Gasteiger partial charge in [-0.2, -0.15) is 0 Å². The summed E-state index contributed by atoms with van der Waals surface area (Å²) in [5.74, 6) is 1.42. The van der Waals surface area contributed by atoms with E-state index >= 15 is 0 Å². The summed E-state index contributed by atoms with van der Waals surface area (Å²) in [6.07, 6.45) is 3.30. The van der Waals surface area contributed by atoms with Gasteiger partial charge in [0.1, 0.15) is 11.5 Å². The third-order valence-corrected chi connectivity index (χ3v) is 4.02. The van der Waals surface area contributed by atoms with Gasteiger partial charge in [-0.25, -0.2) is 0 Å². The number of ether oxygens (including phenoxy) is 2. The van der Waals surface area contributed by atoms with Gasteiger partial charge >= 0.3 is 0 Å². The highest BCUT2D eigenvalue weighted by atomic mass is 79.9. The molecule has 0 heterocycles. The number of nitrogens with zero attached hydrogens (tertiary/aromatic N) is 1. The van der Waals surface area contributed by atoms with Gasteiger partial charge in [-0.3, -0.25) is 4.79 Å². The normalized spacial score (nSPS) is 10.7. The summed E-state index contributed by atoms with van der Waals surface area (Å²) >= 11 is 3.42. The predicted octanol–water partition coefficient (Wildman–Crippen LogP) is 4.14. The monoisotopic (exact) mass is 389 g/mol. The quantitative estimate of drug-likeness (QED) is 0.696. The molecule has 0 unspecified atom stereocenters. The van der Waals surface area contributed by atoms with Crippen LogP contribution in [0.2, 0.25) is 0 Å². The second-order valence-corrected chi connectivity index (χ2v) is 6.18. The van der Waals surface area contributed by atoms with Gasteiger partial charge in [0, 0.05) is 29.7 Å². The second-order valence-electron chi connectivity index (χ2n) is 5.27. The standard InChI is InChI=1S/C19H20BrNO3/c1-21(13-14-5-4-6-17(11-14)23-2)19(22)10-7-15-12-16(20)8-9-18(15)24-3/h4-12H,13H2,1-3H3/b10-7+. The van der Waals surface area contributed by atoms with Crippen LogP contribution in [0, 0.1) is 0 Å². The van der Waals surface area contributed by atoms with Crippen LogP contribution in [0.3, 0.4) is 0 Å². The number of hydrogen-bond donors (Lipinski definition) is 0. The first-order chi connectivity index (χ1) is 11.5. The Bertz CT molecular complexity index is 743. The Balaban J connectivity index is 2.07. The minimum atomic E-state index is -0.0835. The fourth-order valence-corrected chi connectivity index (χ4v) is 2.63. The van der Waals surface area contributed by atoms with Crippen LogP contribution in [0.4, 0.5) is 0 Å². The molecule has 0 aliphatic carbocycles. The molecule has 1 amide bonds. The molecule has 4 nitrogen and oxygen atoms in total. The molecule has 0 saturated carbocycles. The molecule has 0 N–H and O–H groups in total. The van der Waals surface area contributed by atoms with Gasteiger partial charge in [0.05, 0.1) is 14.2 Å². The van der Waals surface area contributed by atoms with E-state index < -0.39 is 0 Å². The molecule has 0 aliphatic rings. The topological polar surface area (TPSA) is 38.8 Å². The van der Waals surface area contributed by atoms with Crippen molar-refractivity contribution in [3.05, 3.63) is 64.1 Å². The van der Waals surface area contributed by atoms with Crippen molar-refractivity contribution in [1.29, 1.82) is 0 Å². The highest BCUT2D eigenvalue weighted by molar-refractivity contribution is 9.10. The van der Waals surface area contributed by atoms with Crippen molar-refractivity contribution in [1.82, 2.24) is 4.90 Å². The van der Waals surface area contributed by atoms with Crippen LogP contribution in [0.5, 0.6) is 11.5 Å². The molecule has 2 aromatic carbocycles. The van der Waals surface area contributed by atoms with Crippen LogP contribution in [0.25, 0.3) is 6.08 Å². The lowest BCUT2D eigenvalue weighted by atomic mass is 10.1. The number of halogens is 1. The van der Waals surface area contributed by atoms with E-state index in [-0.39, 0.29) is 5.91 Å². The van der Waals surface area contributed by atoms with Gasteiger partial charge in [0.15, 0.2) is 0 Å². The number of methoxy groups -OCH3 is 2. The Labute approximate surface area is 150 Å². The summed E-state index contributed by atoms with van der Waals surface area (Å²) in [7, 11) is 5.00. The molecule has 0 aliphatic heterocycles. The molecule has 126 valence electrons. The molecule has 0 atom stereocenters. The maximum atomic E-state index is 12.3. The molecule has 5 heteroatoms. The van der Waals surface area contributed by atoms with Gasteiger partial charge < -0.3 is 14.4 Å². The van der Waals surface area contributed by atoms with Crippen LogP contribution in [0.1, 0.15) is 11.1 Å². The molecule has 24 heavy (non-hydrogen) atoms. The number of benzene rings is 2. The fourth-order valence-electron chi connectivity index (χ4n) is 2.25. The molecule has 0 spiro atoms. The lowest BCUT2D eigenvalue weighted by Gasteiger charge is -2.15. The van der Waals surface area contributed by atoms with E-state index in [1.165, 1.54) is 0 Å². The van der Waals surface area contributed by atoms with Crippen molar-refractivity contribution < 1.29 is 14.3 Å². The van der Waals surface area contributed by atoms with Crippen molar-refractivity contribution in [3.8, 4) is 11.5 Å². The lowest BCUT2D eigenvalue weighted by Crippen LogP contribution is -2.24. The Morgan fingerprint density at radius 1 is 1.17 bits per heavy atom. The van der Waals surface area contributed by atoms with E-state index in [0.717, 1.165) is 27.1 Å². The maximum absolute atomic E-state index is 12.3. The predicted molar refractivity (Wildman–Crippen MR) is 99.2 cm³/mol. The van der Waals surface area contributed by atoms with Crippen molar-refractivity contribution in [2.75, 3.05) is 21.3 Å². The first-order valence-electron chi connectivity index (χ1n) is 7.43. The first kappa shape index (κ1) is 18.1. The molecular formula is C19H20BrNO3. The number of carbonyl (C=O) groups is 1. The number of amides is 1. The van der Waals surface area contributed by atoms with E-state index in [4.69, 9.17) is 9.47 Å². The van der Waals surface area contributed by atoms with Crippen LogP contribution in [-0.2, 0) is 11.3 Å². The van der Waals surface area contributed by atoms with Gasteiger partial charge in [0.2, 0.25) is 5.91 Å². The van der Waals surface area contributed by atoms with E-state index in [1.54, 1.807) is 38.3 Å². The molecule has 0 aromatic heterocycles. The number of likely N-dealkylation sites (N-methyl/N-ethyl adjacent to an activating group) is 1. The number of carbonyl (C=O) groups excluding carboxylic acids is 1. The summed E-state index contributed by atoms with van der Waals surface area (Å²) in [6, 6.07) is 13.3. The van der Waals surface area contributed by atoms with E-state index in [2.05, 4.69) is 15.9 Å². The summed E-state index contributed by atoms with van der Waals surface area (Å²) in [4.78, 5) is 14.0. The van der Waals surface area contributed by atoms with E-state index in [1.807, 2.05) is 42.5 Å². The summed E-state index contributed by atoms with van der Waals surface area (Å²) in [5, 5.41) is 0. The average molecular weight is 390 g/mol. The van der Waals surface area contributed by atoms with Crippen LogP contribution in [-0.4, -0.2) is 32.1 Å². The smallest absolute Gasteiger partial charge is 0.246 e. The third kappa shape index (κ3) is 4.86. The minimum Gasteiger partial charge on any atom is -0.497 e. The Hall–Kier alpha value is -2.27. The highest BCUT2D eigenvalue weighted by Crippen LogP contribution is 2.24. The van der Waals surface area contributed by atoms with Crippen molar-refractivity contribution >= 4 is 27.9 Å². The number of rotatable bonds is 6.